The number of nitrogens with one attached hydrogen (secondary N) is 1. The third-order valence-corrected chi connectivity index (χ3v) is 6.86. The molecule has 0 aliphatic carbocycles. The van der Waals surface area contributed by atoms with Crippen LogP contribution in [-0.4, -0.2) is 45.4 Å². The van der Waals surface area contributed by atoms with E-state index in [1.807, 2.05) is 66.7 Å². The lowest BCUT2D eigenvalue weighted by Gasteiger charge is -2.16. The van der Waals surface area contributed by atoms with Crippen molar-refractivity contribution in [1.29, 1.82) is 0 Å². The van der Waals surface area contributed by atoms with Crippen molar-refractivity contribution in [3.63, 3.8) is 0 Å². The molecule has 0 bridgehead atoms. The van der Waals surface area contributed by atoms with Crippen molar-refractivity contribution in [1.82, 2.24) is 10.3 Å². The van der Waals surface area contributed by atoms with Crippen molar-refractivity contribution in [3.05, 3.63) is 113 Å². The molecule has 1 amide bonds. The highest BCUT2D eigenvalue weighted by Gasteiger charge is 2.23. The normalized spacial score (nSPS) is 12.1. The fourth-order valence-electron chi connectivity index (χ4n) is 4.01. The zero-order chi connectivity index (χ0) is 27.8. The van der Waals surface area contributed by atoms with Crippen LogP contribution < -0.4 is 5.32 Å². The Labute approximate surface area is 228 Å². The van der Waals surface area contributed by atoms with Gasteiger partial charge in [-0.3, -0.25) is 4.79 Å². The zero-order valence-electron chi connectivity index (χ0n) is 20.6. The average molecular weight is 541 g/mol. The second-order valence-electron chi connectivity index (χ2n) is 8.62. The molecule has 0 aliphatic heterocycles. The Balaban J connectivity index is 1.62. The first-order valence-corrected chi connectivity index (χ1v) is 12.9. The number of rotatable bonds is 11. The van der Waals surface area contributed by atoms with E-state index in [9.17, 15) is 29.4 Å². The quantitative estimate of drug-likeness (QED) is 0.143. The van der Waals surface area contributed by atoms with Gasteiger partial charge in [0.05, 0.1) is 22.2 Å². The van der Waals surface area contributed by atoms with Gasteiger partial charge >= 0.3 is 11.9 Å². The first-order valence-electron chi connectivity index (χ1n) is 11.9. The first kappa shape index (κ1) is 27.3. The Morgan fingerprint density at radius 1 is 0.872 bits per heavy atom. The first-order chi connectivity index (χ1) is 18.8. The molecule has 39 heavy (non-hydrogen) atoms. The molecular weight excluding hydrogens is 516 g/mol. The number of aromatic nitrogens is 1. The van der Waals surface area contributed by atoms with E-state index in [2.05, 4.69) is 10.3 Å². The number of fused-ring (bicyclic) bond motifs is 1. The maximum atomic E-state index is 13.2. The number of para-hydroxylation sites is 1. The van der Waals surface area contributed by atoms with Crippen molar-refractivity contribution < 1.29 is 29.4 Å². The number of aldehydes is 1. The van der Waals surface area contributed by atoms with Gasteiger partial charge in [-0.15, -0.1) is 11.8 Å². The molecule has 0 spiro atoms. The SMILES string of the molecule is O=C[C@H](Cc1ccccc1)NC(=O)c1ccc(CSc2ccc3ccccc3n2)cc1/C(=C\C(=O)O)C(=O)O. The molecule has 196 valence electrons. The van der Waals surface area contributed by atoms with Gasteiger partial charge in [0.25, 0.3) is 5.91 Å². The molecule has 0 unspecified atom stereocenters. The van der Waals surface area contributed by atoms with Gasteiger partial charge in [-0.2, -0.15) is 0 Å². The Bertz CT molecular complexity index is 1570. The van der Waals surface area contributed by atoms with Gasteiger partial charge in [0.15, 0.2) is 0 Å². The number of hydrogen-bond donors (Lipinski definition) is 3. The molecule has 9 heteroatoms. The highest BCUT2D eigenvalue weighted by Crippen LogP contribution is 2.27. The van der Waals surface area contributed by atoms with Gasteiger partial charge in [-0.25, -0.2) is 14.6 Å². The Morgan fingerprint density at radius 3 is 2.33 bits per heavy atom. The second kappa shape index (κ2) is 12.7. The smallest absolute Gasteiger partial charge is 0.336 e. The summed E-state index contributed by atoms with van der Waals surface area (Å²) in [6.45, 7) is 0. The number of benzene rings is 3. The minimum Gasteiger partial charge on any atom is -0.478 e. The number of carbonyl (C=O) groups is 4. The van der Waals surface area contributed by atoms with Gasteiger partial charge in [-0.1, -0.05) is 60.7 Å². The van der Waals surface area contributed by atoms with Gasteiger partial charge in [0.1, 0.15) is 6.29 Å². The lowest BCUT2D eigenvalue weighted by Crippen LogP contribution is -2.38. The van der Waals surface area contributed by atoms with Crippen molar-refractivity contribution in [2.45, 2.75) is 23.2 Å². The highest BCUT2D eigenvalue weighted by atomic mass is 32.2. The number of thioether (sulfide) groups is 1. The molecule has 1 heterocycles. The number of nitrogens with zero attached hydrogens (tertiary/aromatic N) is 1. The number of amides is 1. The molecule has 8 nitrogen and oxygen atoms in total. The van der Waals surface area contributed by atoms with E-state index in [0.717, 1.165) is 21.5 Å². The summed E-state index contributed by atoms with van der Waals surface area (Å²) in [6, 6.07) is 24.4. The molecule has 3 N–H and O–H groups in total. The van der Waals surface area contributed by atoms with Gasteiger partial charge in [0.2, 0.25) is 0 Å². The molecular formula is C30H24N2O6S. The van der Waals surface area contributed by atoms with Crippen LogP contribution in [0.4, 0.5) is 0 Å². The summed E-state index contributed by atoms with van der Waals surface area (Å²) in [4.78, 5) is 52.9. The molecule has 1 aromatic heterocycles. The number of carbonyl (C=O) groups excluding carboxylic acids is 2. The monoisotopic (exact) mass is 540 g/mol. The maximum absolute atomic E-state index is 13.2. The van der Waals surface area contributed by atoms with E-state index in [1.54, 1.807) is 6.07 Å². The van der Waals surface area contributed by atoms with Crippen LogP contribution in [-0.2, 0) is 26.6 Å². The zero-order valence-corrected chi connectivity index (χ0v) is 21.4. The summed E-state index contributed by atoms with van der Waals surface area (Å²) in [7, 11) is 0. The van der Waals surface area contributed by atoms with Crippen LogP contribution in [0.25, 0.3) is 16.5 Å². The summed E-state index contributed by atoms with van der Waals surface area (Å²) in [5.74, 6) is -3.26. The predicted octanol–water partition coefficient (Wildman–Crippen LogP) is 4.62. The fraction of sp³-hybridized carbons (Fsp3) is 0.100. The summed E-state index contributed by atoms with van der Waals surface area (Å²) in [5.41, 5.74) is 1.68. The van der Waals surface area contributed by atoms with Crippen LogP contribution in [0.5, 0.6) is 0 Å². The number of pyridine rings is 1. The molecule has 3 aromatic carbocycles. The van der Waals surface area contributed by atoms with E-state index >= 15 is 0 Å². The van der Waals surface area contributed by atoms with Gasteiger partial charge in [0, 0.05) is 28.3 Å². The van der Waals surface area contributed by atoms with Crippen molar-refractivity contribution in [3.8, 4) is 0 Å². The van der Waals surface area contributed by atoms with Crippen LogP contribution in [0, 0.1) is 0 Å². The molecule has 0 radical (unpaired) electrons. The van der Waals surface area contributed by atoms with Crippen molar-refractivity contribution in [2.75, 3.05) is 0 Å². The fourth-order valence-corrected chi connectivity index (χ4v) is 4.83. The van der Waals surface area contributed by atoms with Crippen LogP contribution in [0.3, 0.4) is 0 Å². The lowest BCUT2D eigenvalue weighted by atomic mass is 9.96. The average Bonchev–Trinajstić information content (AvgIpc) is 2.94. The molecule has 1 atom stereocenters. The largest absolute Gasteiger partial charge is 0.478 e. The van der Waals surface area contributed by atoms with Crippen molar-refractivity contribution >= 4 is 52.4 Å². The number of carboxylic acids is 2. The van der Waals surface area contributed by atoms with Gasteiger partial charge < -0.3 is 20.3 Å². The predicted molar refractivity (Wildman–Crippen MR) is 148 cm³/mol. The standard InChI is InChI=1S/C30H24N2O6S/c33-17-22(14-19-6-2-1-3-7-19)31-29(36)23-12-10-20(15-24(23)25(30(37)38)16-28(34)35)18-39-27-13-11-21-8-4-5-9-26(21)32-27/h1-13,15-17,22H,14,18H2,(H,31,36)(H,34,35)(H,37,38)/b25-16+/t22-/m0/s1. The molecule has 4 rings (SSSR count). The van der Waals surface area contributed by atoms with Crippen LogP contribution in [0.1, 0.15) is 27.0 Å². The van der Waals surface area contributed by atoms with E-state index in [4.69, 9.17) is 0 Å². The van der Waals surface area contributed by atoms with Gasteiger partial charge in [-0.05, 0) is 41.8 Å². The topological polar surface area (TPSA) is 134 Å². The summed E-state index contributed by atoms with van der Waals surface area (Å²) in [5, 5.41) is 23.4. The number of carboxylic acid groups (broad SMARTS) is 2. The molecule has 0 aliphatic rings. The molecule has 0 fully saturated rings. The highest BCUT2D eigenvalue weighted by molar-refractivity contribution is 7.98. The number of aliphatic carboxylic acids is 2. The van der Waals surface area contributed by atoms with E-state index in [1.165, 1.54) is 23.9 Å². The molecule has 0 saturated carbocycles. The summed E-state index contributed by atoms with van der Waals surface area (Å²) in [6.07, 6.45) is 1.41. The Hall–Kier alpha value is -4.76. The van der Waals surface area contributed by atoms with E-state index < -0.39 is 29.5 Å². The lowest BCUT2D eigenvalue weighted by molar-refractivity contribution is -0.133. The Morgan fingerprint density at radius 2 is 1.62 bits per heavy atom. The summed E-state index contributed by atoms with van der Waals surface area (Å²) < 4.78 is 0. The summed E-state index contributed by atoms with van der Waals surface area (Å²) >= 11 is 1.42. The van der Waals surface area contributed by atoms with Crippen LogP contribution in [0.15, 0.2) is 96.0 Å². The molecule has 0 saturated heterocycles. The maximum Gasteiger partial charge on any atom is 0.336 e. The van der Waals surface area contributed by atoms with Crippen LogP contribution >= 0.6 is 11.8 Å². The Kier molecular flexibility index (Phi) is 8.86. The third-order valence-electron chi connectivity index (χ3n) is 5.86. The molecule has 4 aromatic rings. The minimum atomic E-state index is -1.50. The van der Waals surface area contributed by atoms with Crippen LogP contribution in [0.2, 0.25) is 0 Å². The van der Waals surface area contributed by atoms with E-state index in [-0.39, 0.29) is 17.5 Å². The van der Waals surface area contributed by atoms with Crippen molar-refractivity contribution in [2.24, 2.45) is 0 Å². The second-order valence-corrected chi connectivity index (χ2v) is 9.61. The van der Waals surface area contributed by atoms with E-state index in [0.29, 0.717) is 23.7 Å². The number of hydrogen-bond acceptors (Lipinski definition) is 6. The minimum absolute atomic E-state index is 0.0533. The third kappa shape index (κ3) is 7.18.